The molecule has 2 N–H and O–H groups in total. The number of benzene rings is 1. The number of pyridine rings is 1. The van der Waals surface area contributed by atoms with Crippen molar-refractivity contribution in [2.75, 3.05) is 26.7 Å². The first-order valence-corrected chi connectivity index (χ1v) is 9.84. The maximum absolute atomic E-state index is 13.5. The van der Waals surface area contributed by atoms with Crippen LogP contribution >= 0.6 is 0 Å². The molecule has 7 nitrogen and oxygen atoms in total. The fourth-order valence-corrected chi connectivity index (χ4v) is 5.21. The van der Waals surface area contributed by atoms with E-state index < -0.39 is 10.0 Å². The molecule has 8 heteroatoms. The first kappa shape index (κ1) is 17.0. The molecule has 1 aromatic carbocycles. The van der Waals surface area contributed by atoms with Crippen LogP contribution in [0.25, 0.3) is 11.0 Å². The Morgan fingerprint density at radius 2 is 2.08 bits per heavy atom. The fraction of sp³-hybridized carbons (Fsp3) is 0.278. The van der Waals surface area contributed by atoms with Crippen molar-refractivity contribution in [3.8, 4) is 5.75 Å². The molecule has 2 aromatic heterocycles. The molecule has 0 aliphatic carbocycles. The molecular weight excluding hydrogens is 352 g/mol. The van der Waals surface area contributed by atoms with Gasteiger partial charge >= 0.3 is 0 Å². The van der Waals surface area contributed by atoms with Gasteiger partial charge in [0.05, 0.1) is 13.2 Å². The number of piperazine rings is 1. The lowest BCUT2D eigenvalue weighted by Crippen LogP contribution is -2.48. The van der Waals surface area contributed by atoms with Crippen LogP contribution in [-0.4, -0.2) is 49.4 Å². The predicted octanol–water partition coefficient (Wildman–Crippen LogP) is 1.91. The van der Waals surface area contributed by atoms with Crippen LogP contribution in [0.4, 0.5) is 0 Å². The summed E-state index contributed by atoms with van der Waals surface area (Å²) in [7, 11) is -2.10. The molecule has 1 atom stereocenters. The van der Waals surface area contributed by atoms with E-state index in [1.165, 1.54) is 6.20 Å². The number of para-hydroxylation sites is 1. The number of hydrogen-bond acceptors (Lipinski definition) is 5. The van der Waals surface area contributed by atoms with Gasteiger partial charge in [0, 0.05) is 43.0 Å². The maximum Gasteiger partial charge on any atom is 0.245 e. The Morgan fingerprint density at radius 1 is 1.23 bits per heavy atom. The third-order valence-electron chi connectivity index (χ3n) is 4.69. The van der Waals surface area contributed by atoms with Gasteiger partial charge in [0.2, 0.25) is 10.0 Å². The van der Waals surface area contributed by atoms with E-state index in [2.05, 4.69) is 15.3 Å². The maximum atomic E-state index is 13.5. The Balaban J connectivity index is 1.81. The predicted molar refractivity (Wildman–Crippen MR) is 98.6 cm³/mol. The second kappa shape index (κ2) is 6.71. The highest BCUT2D eigenvalue weighted by Gasteiger charge is 2.37. The van der Waals surface area contributed by atoms with E-state index in [1.807, 2.05) is 24.3 Å². The number of rotatable bonds is 4. The van der Waals surface area contributed by atoms with Gasteiger partial charge in [-0.15, -0.1) is 0 Å². The molecular formula is C18H20N4O3S. The minimum Gasteiger partial charge on any atom is -0.496 e. The number of fused-ring (bicyclic) bond motifs is 1. The van der Waals surface area contributed by atoms with Crippen LogP contribution in [0, 0.1) is 0 Å². The van der Waals surface area contributed by atoms with Crippen molar-refractivity contribution in [2.24, 2.45) is 0 Å². The third kappa shape index (κ3) is 2.76. The van der Waals surface area contributed by atoms with Crippen molar-refractivity contribution in [2.45, 2.75) is 10.9 Å². The van der Waals surface area contributed by atoms with Gasteiger partial charge in [0.1, 0.15) is 16.3 Å². The Hall–Kier alpha value is -2.42. The van der Waals surface area contributed by atoms with Gasteiger partial charge in [-0.1, -0.05) is 18.2 Å². The summed E-state index contributed by atoms with van der Waals surface area (Å²) in [6.07, 6.45) is 3.16. The van der Waals surface area contributed by atoms with Crippen LogP contribution in [0.15, 0.2) is 53.7 Å². The highest BCUT2D eigenvalue weighted by Crippen LogP contribution is 2.35. The molecule has 0 radical (unpaired) electrons. The lowest BCUT2D eigenvalue weighted by molar-refractivity contribution is 0.265. The first-order valence-electron chi connectivity index (χ1n) is 8.40. The second-order valence-electron chi connectivity index (χ2n) is 6.13. The summed E-state index contributed by atoms with van der Waals surface area (Å²) in [5, 5.41) is 3.89. The van der Waals surface area contributed by atoms with E-state index in [0.29, 0.717) is 36.4 Å². The average molecular weight is 372 g/mol. The zero-order valence-electron chi connectivity index (χ0n) is 14.3. The Labute approximate surface area is 152 Å². The lowest BCUT2D eigenvalue weighted by atomic mass is 10.0. The van der Waals surface area contributed by atoms with Gasteiger partial charge in [-0.25, -0.2) is 13.4 Å². The van der Waals surface area contributed by atoms with Gasteiger partial charge < -0.3 is 15.0 Å². The molecule has 0 spiro atoms. The van der Waals surface area contributed by atoms with Crippen molar-refractivity contribution in [1.82, 2.24) is 19.6 Å². The normalized spacial score (nSPS) is 18.9. The highest BCUT2D eigenvalue weighted by molar-refractivity contribution is 7.89. The highest BCUT2D eigenvalue weighted by atomic mass is 32.2. The topological polar surface area (TPSA) is 87.3 Å². The van der Waals surface area contributed by atoms with Crippen LogP contribution in [-0.2, 0) is 10.0 Å². The van der Waals surface area contributed by atoms with Crippen molar-refractivity contribution >= 4 is 21.1 Å². The van der Waals surface area contributed by atoms with E-state index >= 15 is 0 Å². The molecule has 1 unspecified atom stereocenters. The van der Waals surface area contributed by atoms with Gasteiger partial charge in [-0.2, -0.15) is 4.31 Å². The summed E-state index contributed by atoms with van der Waals surface area (Å²) in [5.74, 6) is 0.682. The second-order valence-corrected chi connectivity index (χ2v) is 7.99. The Kier molecular flexibility index (Phi) is 4.39. The number of nitrogens with zero attached hydrogens (tertiary/aromatic N) is 2. The van der Waals surface area contributed by atoms with Crippen LogP contribution in [0.5, 0.6) is 5.75 Å². The number of hydrogen-bond donors (Lipinski definition) is 2. The van der Waals surface area contributed by atoms with Gasteiger partial charge in [-0.05, 0) is 18.2 Å². The Bertz CT molecular complexity index is 1030. The molecule has 1 saturated heterocycles. The minimum atomic E-state index is -3.70. The van der Waals surface area contributed by atoms with Crippen LogP contribution < -0.4 is 10.1 Å². The van der Waals surface area contributed by atoms with E-state index in [-0.39, 0.29) is 10.9 Å². The van der Waals surface area contributed by atoms with Crippen LogP contribution in [0.3, 0.4) is 0 Å². The van der Waals surface area contributed by atoms with E-state index in [4.69, 9.17) is 4.74 Å². The first-order chi connectivity index (χ1) is 12.6. The standard InChI is InChI=1S/C18H20N4O3S/c1-25-16-7-3-2-5-13(16)15-11-19-9-10-22(15)26(23,24)17-12-21-18-14(17)6-4-8-20-18/h2-8,12,15,19H,9-11H2,1H3,(H,20,21). The smallest absolute Gasteiger partial charge is 0.245 e. The number of sulfonamides is 1. The molecule has 26 heavy (non-hydrogen) atoms. The quantitative estimate of drug-likeness (QED) is 0.730. The fourth-order valence-electron chi connectivity index (χ4n) is 3.45. The van der Waals surface area contributed by atoms with Crippen LogP contribution in [0.1, 0.15) is 11.6 Å². The lowest BCUT2D eigenvalue weighted by Gasteiger charge is -2.35. The zero-order valence-corrected chi connectivity index (χ0v) is 15.2. The van der Waals surface area contributed by atoms with E-state index in [1.54, 1.807) is 29.7 Å². The monoisotopic (exact) mass is 372 g/mol. The van der Waals surface area contributed by atoms with Crippen molar-refractivity contribution < 1.29 is 13.2 Å². The number of aromatic amines is 1. The zero-order chi connectivity index (χ0) is 18.1. The molecule has 136 valence electrons. The Morgan fingerprint density at radius 3 is 2.92 bits per heavy atom. The average Bonchev–Trinajstić information content (AvgIpc) is 3.13. The third-order valence-corrected chi connectivity index (χ3v) is 6.64. The number of ether oxygens (including phenoxy) is 1. The summed E-state index contributed by atoms with van der Waals surface area (Å²) < 4.78 is 33.9. The number of H-pyrrole nitrogens is 1. The summed E-state index contributed by atoms with van der Waals surface area (Å²) >= 11 is 0. The summed E-state index contributed by atoms with van der Waals surface area (Å²) in [6, 6.07) is 10.7. The molecule has 4 rings (SSSR count). The molecule has 1 aliphatic heterocycles. The van der Waals surface area contributed by atoms with Gasteiger partial charge in [0.25, 0.3) is 0 Å². The summed E-state index contributed by atoms with van der Waals surface area (Å²) in [4.78, 5) is 7.40. The van der Waals surface area contributed by atoms with Gasteiger partial charge in [0.15, 0.2) is 0 Å². The number of methoxy groups -OCH3 is 1. The molecule has 0 bridgehead atoms. The molecule has 1 aliphatic rings. The number of aromatic nitrogens is 2. The molecule has 1 fully saturated rings. The van der Waals surface area contributed by atoms with E-state index in [9.17, 15) is 8.42 Å². The van der Waals surface area contributed by atoms with Crippen molar-refractivity contribution in [1.29, 1.82) is 0 Å². The molecule has 3 heterocycles. The van der Waals surface area contributed by atoms with Crippen LogP contribution in [0.2, 0.25) is 0 Å². The van der Waals surface area contributed by atoms with E-state index in [0.717, 1.165) is 5.56 Å². The largest absolute Gasteiger partial charge is 0.496 e. The summed E-state index contributed by atoms with van der Waals surface area (Å²) in [6.45, 7) is 1.52. The summed E-state index contributed by atoms with van der Waals surface area (Å²) in [5.41, 5.74) is 1.42. The minimum absolute atomic E-state index is 0.252. The van der Waals surface area contributed by atoms with Gasteiger partial charge in [-0.3, -0.25) is 0 Å². The van der Waals surface area contributed by atoms with Crippen molar-refractivity contribution in [3.63, 3.8) is 0 Å². The SMILES string of the molecule is COc1ccccc1C1CNCCN1S(=O)(=O)c1c[nH]c2ncccc12. The van der Waals surface area contributed by atoms with Crippen molar-refractivity contribution in [3.05, 3.63) is 54.4 Å². The molecule has 3 aromatic rings. The number of nitrogens with one attached hydrogen (secondary N) is 2. The molecule has 0 amide bonds. The molecule has 0 saturated carbocycles.